The highest BCUT2D eigenvalue weighted by molar-refractivity contribution is 8.03. The number of para-hydroxylation sites is 1. The van der Waals surface area contributed by atoms with E-state index in [1.165, 1.54) is 40.1 Å². The lowest BCUT2D eigenvalue weighted by Gasteiger charge is -2.12. The first kappa shape index (κ1) is 30.9. The molecule has 0 spiro atoms. The second-order valence-corrected chi connectivity index (χ2v) is 14.2. The van der Waals surface area contributed by atoms with Crippen LogP contribution in [0.2, 0.25) is 0 Å². The summed E-state index contributed by atoms with van der Waals surface area (Å²) < 4.78 is 51.2. The normalized spacial score (nSPS) is 14.8. The van der Waals surface area contributed by atoms with Crippen LogP contribution in [0.25, 0.3) is 22.4 Å². The zero-order valence-electron chi connectivity index (χ0n) is 23.8. The average molecular weight is 654 g/mol. The van der Waals surface area contributed by atoms with Crippen molar-refractivity contribution in [1.29, 1.82) is 0 Å². The lowest BCUT2D eigenvalue weighted by Crippen LogP contribution is -2.32. The number of fused-ring (bicyclic) bond motifs is 2. The monoisotopic (exact) mass is 653 g/mol. The molecule has 5 aromatic rings. The summed E-state index contributed by atoms with van der Waals surface area (Å²) in [6, 6.07) is 18.9. The molecule has 1 aliphatic rings. The first-order valence-electron chi connectivity index (χ1n) is 13.2. The number of anilines is 1. The minimum Gasteiger partial charge on any atom is -0.744 e. The summed E-state index contributed by atoms with van der Waals surface area (Å²) in [4.78, 5) is 16.2. The predicted molar refractivity (Wildman–Crippen MR) is 172 cm³/mol. The summed E-state index contributed by atoms with van der Waals surface area (Å²) in [7, 11) is -0.302. The highest BCUT2D eigenvalue weighted by Crippen LogP contribution is 2.44. The van der Waals surface area contributed by atoms with Gasteiger partial charge in [0.2, 0.25) is 5.52 Å². The predicted octanol–water partition coefficient (Wildman–Crippen LogP) is 4.70. The van der Waals surface area contributed by atoms with Crippen molar-refractivity contribution >= 4 is 72.6 Å². The number of halogens is 1. The van der Waals surface area contributed by atoms with Gasteiger partial charge in [0, 0.05) is 24.6 Å². The average Bonchev–Trinajstić information content (AvgIpc) is 3.57. The zero-order valence-corrected chi connectivity index (χ0v) is 27.0. The molecule has 3 aromatic carbocycles. The summed E-state index contributed by atoms with van der Waals surface area (Å²) in [5, 5.41) is 2.06. The van der Waals surface area contributed by atoms with Gasteiger partial charge in [-0.3, -0.25) is 9.36 Å². The van der Waals surface area contributed by atoms with E-state index in [0.29, 0.717) is 11.1 Å². The Morgan fingerprint density at radius 1 is 1.02 bits per heavy atom. The van der Waals surface area contributed by atoms with E-state index in [4.69, 9.17) is 0 Å². The van der Waals surface area contributed by atoms with Crippen LogP contribution in [-0.4, -0.2) is 24.6 Å². The van der Waals surface area contributed by atoms with Gasteiger partial charge in [-0.15, -0.1) is 11.3 Å². The number of rotatable bonds is 4. The molecule has 7 nitrogen and oxygen atoms in total. The van der Waals surface area contributed by atoms with Gasteiger partial charge < -0.3 is 9.45 Å². The van der Waals surface area contributed by atoms with Gasteiger partial charge in [-0.1, -0.05) is 52.9 Å². The standard InChI is InChI=1S/C24H21FN3OS3.C7H8O3S/c1-4-28-23(14-22-27(3)17-13-15(25)9-10-19(17)31-22)32-20(24(28)29)11-12-21-26(2)16-7-5-6-8-18(16)30-21;1-6-2-4-7(5-3-6)11(8,9)10/h5-14H,4H2,1-3H3;2-5H,1H3,(H,8,9,10)/q+1;/p-1/b20-11-,21-12-;. The van der Waals surface area contributed by atoms with Gasteiger partial charge in [-0.2, -0.15) is 4.57 Å². The lowest BCUT2D eigenvalue weighted by molar-refractivity contribution is -0.642. The molecule has 0 N–H and O–H groups in total. The Bertz CT molecular complexity index is 2150. The molecule has 0 fully saturated rings. The number of thiazole rings is 2. The van der Waals surface area contributed by atoms with Crippen LogP contribution in [0.5, 0.6) is 0 Å². The van der Waals surface area contributed by atoms with E-state index in [9.17, 15) is 22.2 Å². The molecule has 222 valence electrons. The third kappa shape index (κ3) is 6.68. The molecule has 3 heterocycles. The van der Waals surface area contributed by atoms with Crippen molar-refractivity contribution in [3.63, 3.8) is 0 Å². The molecule has 6 rings (SSSR count). The molecule has 0 saturated carbocycles. The van der Waals surface area contributed by atoms with Crippen molar-refractivity contribution in [1.82, 2.24) is 4.57 Å². The van der Waals surface area contributed by atoms with Crippen LogP contribution in [0.3, 0.4) is 0 Å². The van der Waals surface area contributed by atoms with Crippen LogP contribution < -0.4 is 24.2 Å². The van der Waals surface area contributed by atoms with E-state index < -0.39 is 10.1 Å². The molecule has 0 saturated heterocycles. The molecular formula is C31H28FN3O4S4. The van der Waals surface area contributed by atoms with Crippen LogP contribution in [0.1, 0.15) is 17.5 Å². The van der Waals surface area contributed by atoms with Crippen LogP contribution in [0.15, 0.2) is 92.4 Å². The largest absolute Gasteiger partial charge is 0.744 e. The van der Waals surface area contributed by atoms with Gasteiger partial charge in [0.15, 0.2) is 0 Å². The number of aromatic nitrogens is 2. The van der Waals surface area contributed by atoms with Gasteiger partial charge in [0.1, 0.15) is 32.3 Å². The van der Waals surface area contributed by atoms with Crippen LogP contribution in [0, 0.1) is 12.7 Å². The third-order valence-electron chi connectivity index (χ3n) is 6.79. The number of hydrogen-bond acceptors (Lipinski definition) is 8. The number of benzene rings is 3. The zero-order chi connectivity index (χ0) is 30.9. The number of nitrogens with zero attached hydrogens (tertiary/aromatic N) is 3. The van der Waals surface area contributed by atoms with Crippen molar-refractivity contribution in [3.05, 3.63) is 114 Å². The molecule has 0 aliphatic carbocycles. The number of hydrogen-bond donors (Lipinski definition) is 0. The van der Waals surface area contributed by atoms with Crippen molar-refractivity contribution in [2.75, 3.05) is 11.9 Å². The van der Waals surface area contributed by atoms with Crippen LogP contribution in [-0.2, 0) is 23.7 Å². The molecule has 0 unspecified atom stereocenters. The Kier molecular flexibility index (Phi) is 9.04. The third-order valence-corrected chi connectivity index (χ3v) is 11.1. The Morgan fingerprint density at radius 3 is 2.42 bits per heavy atom. The first-order valence-corrected chi connectivity index (χ1v) is 17.1. The smallest absolute Gasteiger partial charge is 0.269 e. The highest BCUT2D eigenvalue weighted by atomic mass is 32.2. The summed E-state index contributed by atoms with van der Waals surface area (Å²) in [6.45, 7) is 4.39. The minimum atomic E-state index is -4.27. The molecule has 0 bridgehead atoms. The van der Waals surface area contributed by atoms with Crippen molar-refractivity contribution < 1.29 is 21.9 Å². The van der Waals surface area contributed by atoms with Crippen molar-refractivity contribution in [2.24, 2.45) is 7.05 Å². The summed E-state index contributed by atoms with van der Waals surface area (Å²) in [5.74, 6) is -0.249. The summed E-state index contributed by atoms with van der Waals surface area (Å²) in [6.07, 6.45) is 5.96. The molecule has 43 heavy (non-hydrogen) atoms. The van der Waals surface area contributed by atoms with E-state index in [1.807, 2.05) is 62.9 Å². The molecule has 2 aromatic heterocycles. The van der Waals surface area contributed by atoms with Gasteiger partial charge in [0.05, 0.1) is 26.2 Å². The summed E-state index contributed by atoms with van der Waals surface area (Å²) in [5.41, 5.74) is 2.97. The highest BCUT2D eigenvalue weighted by Gasteiger charge is 2.20. The molecule has 0 radical (unpaired) electrons. The molecule has 12 heteroatoms. The topological polar surface area (TPSA) is 86.3 Å². The van der Waals surface area contributed by atoms with E-state index in [0.717, 1.165) is 30.5 Å². The van der Waals surface area contributed by atoms with E-state index in [-0.39, 0.29) is 16.3 Å². The van der Waals surface area contributed by atoms with Gasteiger partial charge in [-0.05, 0) is 62.4 Å². The second kappa shape index (κ2) is 12.6. The fourth-order valence-corrected chi connectivity index (χ4v) is 8.16. The van der Waals surface area contributed by atoms with Crippen LogP contribution in [0.4, 0.5) is 10.1 Å². The Hall–Kier alpha value is -3.55. The van der Waals surface area contributed by atoms with Gasteiger partial charge in [-0.25, -0.2) is 12.8 Å². The van der Waals surface area contributed by atoms with Crippen molar-refractivity contribution in [3.8, 4) is 0 Å². The Labute approximate surface area is 260 Å². The van der Waals surface area contributed by atoms with Gasteiger partial charge >= 0.3 is 0 Å². The summed E-state index contributed by atoms with van der Waals surface area (Å²) >= 11 is 4.78. The minimum absolute atomic E-state index is 0.0126. The number of thioether (sulfide) groups is 1. The SMILES string of the molecule is CCn1c(=O)/c(=C/C=C2\Sc3ccccc3N2C)s/c1=C\c1sc2ccc(F)cc2[n+]1C.Cc1ccc(S(=O)(=O)[O-])cc1. The maximum atomic E-state index is 13.7. The lowest BCUT2D eigenvalue weighted by atomic mass is 10.2. The fourth-order valence-electron chi connectivity index (χ4n) is 4.45. The fraction of sp³-hybridized carbons (Fsp3) is 0.161. The second-order valence-electron chi connectivity index (χ2n) is 9.68. The van der Waals surface area contributed by atoms with E-state index in [1.54, 1.807) is 51.9 Å². The number of aryl methyl sites for hydroxylation is 2. The van der Waals surface area contributed by atoms with Crippen molar-refractivity contribution in [2.45, 2.75) is 30.2 Å². The quantitative estimate of drug-likeness (QED) is 0.207. The molecule has 0 atom stereocenters. The maximum absolute atomic E-state index is 13.7. The molecular weight excluding hydrogens is 626 g/mol. The van der Waals surface area contributed by atoms with Crippen LogP contribution >= 0.6 is 34.4 Å². The molecule has 1 aliphatic heterocycles. The Morgan fingerprint density at radius 2 is 1.74 bits per heavy atom. The number of allylic oxidation sites excluding steroid dienone is 1. The molecule has 0 amide bonds. The van der Waals surface area contributed by atoms with Gasteiger partial charge in [0.25, 0.3) is 10.6 Å². The Balaban J connectivity index is 0.000000283. The maximum Gasteiger partial charge on any atom is 0.269 e. The van der Waals surface area contributed by atoms with E-state index >= 15 is 0 Å². The van der Waals surface area contributed by atoms with E-state index in [2.05, 4.69) is 17.0 Å². The first-order chi connectivity index (χ1) is 20.5.